The number of fused-ring (bicyclic) bond motifs is 7. The van der Waals surface area contributed by atoms with Crippen LogP contribution in [0.5, 0.6) is 0 Å². The van der Waals surface area contributed by atoms with Crippen LogP contribution in [0, 0.1) is 0 Å². The number of aromatic nitrogens is 3. The molecule has 2 aromatic heterocycles. The SMILES string of the molecule is c1cc(-c2ccc(-c3nc4ccccc4c4c3ccc3ccccc34)cc2)cc(-c2cc(-c3ccc4ccccc4c3)nc(-c3ccc4ccccc4c3)n2)c1. The van der Waals surface area contributed by atoms with Crippen LogP contribution in [0.3, 0.4) is 0 Å². The van der Waals surface area contributed by atoms with Gasteiger partial charge in [0.1, 0.15) is 0 Å². The lowest BCUT2D eigenvalue weighted by Crippen LogP contribution is -1.96. The molecular weight excluding hydrogens is 679 g/mol. The first-order valence-electron chi connectivity index (χ1n) is 19.0. The van der Waals surface area contributed by atoms with Crippen LogP contribution >= 0.6 is 0 Å². The van der Waals surface area contributed by atoms with Gasteiger partial charge in [-0.25, -0.2) is 15.0 Å². The van der Waals surface area contributed by atoms with Gasteiger partial charge in [-0.05, 0) is 73.8 Å². The second kappa shape index (κ2) is 13.1. The fraction of sp³-hybridized carbons (Fsp3) is 0. The largest absolute Gasteiger partial charge is 0.247 e. The molecule has 0 fully saturated rings. The van der Waals surface area contributed by atoms with Crippen molar-refractivity contribution >= 4 is 54.0 Å². The molecule has 9 aromatic carbocycles. The van der Waals surface area contributed by atoms with Crippen molar-refractivity contribution in [2.24, 2.45) is 0 Å². The minimum absolute atomic E-state index is 0.703. The van der Waals surface area contributed by atoms with E-state index in [9.17, 15) is 0 Å². The zero-order valence-electron chi connectivity index (χ0n) is 30.4. The molecule has 0 saturated carbocycles. The smallest absolute Gasteiger partial charge is 0.160 e. The summed E-state index contributed by atoms with van der Waals surface area (Å²) in [7, 11) is 0. The Kier molecular flexibility index (Phi) is 7.49. The summed E-state index contributed by atoms with van der Waals surface area (Å²) in [4.78, 5) is 15.6. The third kappa shape index (κ3) is 5.57. The van der Waals surface area contributed by atoms with Crippen molar-refractivity contribution in [3.63, 3.8) is 0 Å². The van der Waals surface area contributed by atoms with E-state index in [0.717, 1.165) is 66.8 Å². The van der Waals surface area contributed by atoms with E-state index >= 15 is 0 Å². The van der Waals surface area contributed by atoms with Crippen molar-refractivity contribution < 1.29 is 0 Å². The predicted octanol–water partition coefficient (Wildman–Crippen LogP) is 14.0. The van der Waals surface area contributed by atoms with Crippen molar-refractivity contribution in [3.8, 4) is 56.3 Å². The molecule has 11 rings (SSSR count). The van der Waals surface area contributed by atoms with Gasteiger partial charge in [0.25, 0.3) is 0 Å². The maximum atomic E-state index is 5.22. The van der Waals surface area contributed by atoms with Gasteiger partial charge in [-0.15, -0.1) is 0 Å². The summed E-state index contributed by atoms with van der Waals surface area (Å²) in [6, 6.07) is 71.0. The average Bonchev–Trinajstić information content (AvgIpc) is 3.28. The minimum atomic E-state index is 0.703. The quantitative estimate of drug-likeness (QED) is 0.167. The molecule has 0 radical (unpaired) electrons. The third-order valence-electron chi connectivity index (χ3n) is 11.0. The highest BCUT2D eigenvalue weighted by atomic mass is 14.9. The summed E-state index contributed by atoms with van der Waals surface area (Å²) in [5.41, 5.74) is 10.2. The normalized spacial score (nSPS) is 11.6. The van der Waals surface area contributed by atoms with Gasteiger partial charge in [0.2, 0.25) is 0 Å². The lowest BCUT2D eigenvalue weighted by atomic mass is 9.94. The molecule has 0 aliphatic carbocycles. The van der Waals surface area contributed by atoms with E-state index in [1.54, 1.807) is 0 Å². The molecule has 0 amide bonds. The second-order valence-corrected chi connectivity index (χ2v) is 14.4. The lowest BCUT2D eigenvalue weighted by Gasteiger charge is -2.13. The van der Waals surface area contributed by atoms with Crippen molar-refractivity contribution in [1.82, 2.24) is 15.0 Å². The average molecular weight is 712 g/mol. The Morgan fingerprint density at radius 2 is 0.804 bits per heavy atom. The monoisotopic (exact) mass is 711 g/mol. The maximum absolute atomic E-state index is 5.22. The zero-order valence-corrected chi connectivity index (χ0v) is 30.4. The molecule has 56 heavy (non-hydrogen) atoms. The highest BCUT2D eigenvalue weighted by Crippen LogP contribution is 2.38. The van der Waals surface area contributed by atoms with E-state index < -0.39 is 0 Å². The summed E-state index contributed by atoms with van der Waals surface area (Å²) >= 11 is 0. The standard InChI is InChI=1S/C53H33N3/c1-3-13-39-31-43(26-22-34(39)10-1)50-33-49(55-53(56-50)44-27-23-35-11-2-4-14-40(35)32-44)42-16-9-15-41(30-42)36-20-24-38(25-21-36)52-47-29-28-37-12-5-6-17-45(37)51(47)46-18-7-8-19-48(46)54-52/h1-33H. The maximum Gasteiger partial charge on any atom is 0.160 e. The van der Waals surface area contributed by atoms with Gasteiger partial charge in [-0.1, -0.05) is 170 Å². The van der Waals surface area contributed by atoms with Crippen molar-refractivity contribution in [3.05, 3.63) is 200 Å². The topological polar surface area (TPSA) is 38.7 Å². The minimum Gasteiger partial charge on any atom is -0.247 e. The van der Waals surface area contributed by atoms with Crippen molar-refractivity contribution in [2.45, 2.75) is 0 Å². The molecule has 3 nitrogen and oxygen atoms in total. The molecule has 0 unspecified atom stereocenters. The first-order valence-corrected chi connectivity index (χ1v) is 19.0. The van der Waals surface area contributed by atoms with E-state index in [0.29, 0.717) is 5.82 Å². The van der Waals surface area contributed by atoms with Crippen LogP contribution in [0.4, 0.5) is 0 Å². The van der Waals surface area contributed by atoms with Crippen LogP contribution in [-0.2, 0) is 0 Å². The fourth-order valence-corrected chi connectivity index (χ4v) is 8.17. The Labute approximate surface area is 324 Å². The molecule has 0 spiro atoms. The van der Waals surface area contributed by atoms with Crippen LogP contribution in [0.25, 0.3) is 110 Å². The Morgan fingerprint density at radius 1 is 0.268 bits per heavy atom. The fourth-order valence-electron chi connectivity index (χ4n) is 8.17. The number of para-hydroxylation sites is 1. The Morgan fingerprint density at radius 3 is 1.55 bits per heavy atom. The molecular formula is C53H33N3. The van der Waals surface area contributed by atoms with E-state index in [2.05, 4.69) is 200 Å². The van der Waals surface area contributed by atoms with E-state index in [4.69, 9.17) is 15.0 Å². The Balaban J connectivity index is 1.01. The van der Waals surface area contributed by atoms with E-state index in [1.165, 1.54) is 37.7 Å². The molecule has 0 atom stereocenters. The van der Waals surface area contributed by atoms with Crippen LogP contribution in [0.1, 0.15) is 0 Å². The molecule has 11 aromatic rings. The van der Waals surface area contributed by atoms with Crippen LogP contribution in [0.15, 0.2) is 200 Å². The molecule has 0 bridgehead atoms. The van der Waals surface area contributed by atoms with Gasteiger partial charge in [0, 0.05) is 38.4 Å². The summed E-state index contributed by atoms with van der Waals surface area (Å²) in [6.45, 7) is 0. The first kappa shape index (κ1) is 32.0. The van der Waals surface area contributed by atoms with Gasteiger partial charge in [-0.3, -0.25) is 0 Å². The van der Waals surface area contributed by atoms with Gasteiger partial charge < -0.3 is 0 Å². The number of pyridine rings is 1. The van der Waals surface area contributed by atoms with Crippen LogP contribution < -0.4 is 0 Å². The Hall–Kier alpha value is -7.49. The second-order valence-electron chi connectivity index (χ2n) is 14.4. The number of benzene rings is 9. The number of hydrogen-bond donors (Lipinski definition) is 0. The van der Waals surface area contributed by atoms with Gasteiger partial charge >= 0.3 is 0 Å². The van der Waals surface area contributed by atoms with Crippen LogP contribution in [0.2, 0.25) is 0 Å². The van der Waals surface area contributed by atoms with E-state index in [1.807, 2.05) is 0 Å². The Bertz CT molecular complexity index is 3200. The third-order valence-corrected chi connectivity index (χ3v) is 11.0. The summed E-state index contributed by atoms with van der Waals surface area (Å²) in [5, 5.41) is 10.8. The number of rotatable bonds is 5. The molecule has 2 heterocycles. The molecule has 0 aliphatic rings. The zero-order chi connectivity index (χ0) is 37.0. The van der Waals surface area contributed by atoms with Gasteiger partial charge in [-0.2, -0.15) is 0 Å². The summed E-state index contributed by atoms with van der Waals surface area (Å²) < 4.78 is 0. The molecule has 260 valence electrons. The predicted molar refractivity (Wildman–Crippen MR) is 235 cm³/mol. The van der Waals surface area contributed by atoms with Gasteiger partial charge in [0.05, 0.1) is 22.6 Å². The molecule has 0 aliphatic heterocycles. The van der Waals surface area contributed by atoms with Crippen molar-refractivity contribution in [1.29, 1.82) is 0 Å². The molecule has 3 heteroatoms. The molecule has 0 N–H and O–H groups in total. The number of nitrogens with zero attached hydrogens (tertiary/aromatic N) is 3. The first-order chi connectivity index (χ1) is 27.7. The lowest BCUT2D eigenvalue weighted by molar-refractivity contribution is 1.18. The van der Waals surface area contributed by atoms with Gasteiger partial charge in [0.15, 0.2) is 5.82 Å². The summed E-state index contributed by atoms with van der Waals surface area (Å²) in [6.07, 6.45) is 0. The molecule has 0 saturated heterocycles. The summed E-state index contributed by atoms with van der Waals surface area (Å²) in [5.74, 6) is 0.703. The highest BCUT2D eigenvalue weighted by Gasteiger charge is 2.15. The van der Waals surface area contributed by atoms with Crippen molar-refractivity contribution in [2.75, 3.05) is 0 Å². The number of hydrogen-bond acceptors (Lipinski definition) is 3. The van der Waals surface area contributed by atoms with Crippen LogP contribution in [-0.4, -0.2) is 15.0 Å². The highest BCUT2D eigenvalue weighted by molar-refractivity contribution is 6.22. The van der Waals surface area contributed by atoms with E-state index in [-0.39, 0.29) is 0 Å².